The van der Waals surface area contributed by atoms with Gasteiger partial charge in [0.15, 0.2) is 0 Å². The topological polar surface area (TPSA) is 69.1 Å². The summed E-state index contributed by atoms with van der Waals surface area (Å²) < 4.78 is 1.94. The van der Waals surface area contributed by atoms with Gasteiger partial charge >= 0.3 is 0 Å². The van der Waals surface area contributed by atoms with Crippen LogP contribution in [0.3, 0.4) is 0 Å². The minimum Gasteiger partial charge on any atom is -0.330 e. The summed E-state index contributed by atoms with van der Waals surface area (Å²) in [5, 5.41) is 2.99. The Labute approximate surface area is 102 Å². The van der Waals surface area contributed by atoms with Gasteiger partial charge in [-0.25, -0.2) is 15.0 Å². The molecule has 3 aromatic heterocycles. The van der Waals surface area contributed by atoms with Crippen molar-refractivity contribution in [2.24, 2.45) is 5.73 Å². The molecule has 3 rings (SSSR count). The third-order valence-corrected chi connectivity index (χ3v) is 3.37. The minimum absolute atomic E-state index is 0.623. The lowest BCUT2D eigenvalue weighted by molar-refractivity contribution is 0.935. The van der Waals surface area contributed by atoms with Crippen molar-refractivity contribution in [2.45, 2.75) is 6.42 Å². The maximum Gasteiger partial charge on any atom is 0.234 e. The molecule has 17 heavy (non-hydrogen) atoms. The molecule has 0 aliphatic heterocycles. The van der Waals surface area contributed by atoms with E-state index in [1.165, 1.54) is 0 Å². The van der Waals surface area contributed by atoms with Crippen LogP contribution >= 0.6 is 11.3 Å². The van der Waals surface area contributed by atoms with E-state index in [0.717, 1.165) is 22.8 Å². The summed E-state index contributed by atoms with van der Waals surface area (Å²) in [5.74, 6) is 0.693. The van der Waals surface area contributed by atoms with Gasteiger partial charge in [-0.2, -0.15) is 0 Å². The first-order valence-electron chi connectivity index (χ1n) is 5.31. The van der Waals surface area contributed by atoms with E-state index in [2.05, 4.69) is 15.0 Å². The Morgan fingerprint density at radius 2 is 2.29 bits per heavy atom. The predicted molar refractivity (Wildman–Crippen MR) is 66.9 cm³/mol. The van der Waals surface area contributed by atoms with Crippen molar-refractivity contribution >= 4 is 17.1 Å². The molecular weight excluding hydrogens is 234 g/mol. The summed E-state index contributed by atoms with van der Waals surface area (Å²) in [7, 11) is 0. The SMILES string of the molecule is NCCc1csc(-c2cnc3ncccn23)n1. The maximum absolute atomic E-state index is 5.52. The first-order chi connectivity index (χ1) is 8.38. The molecule has 0 atom stereocenters. The molecular formula is C11H11N5S. The van der Waals surface area contributed by atoms with Gasteiger partial charge in [0.25, 0.3) is 0 Å². The number of aromatic nitrogens is 4. The van der Waals surface area contributed by atoms with Crippen molar-refractivity contribution in [1.82, 2.24) is 19.4 Å². The van der Waals surface area contributed by atoms with E-state index in [0.29, 0.717) is 12.3 Å². The average Bonchev–Trinajstić information content (AvgIpc) is 2.95. The van der Waals surface area contributed by atoms with Crippen molar-refractivity contribution in [3.63, 3.8) is 0 Å². The van der Waals surface area contributed by atoms with Gasteiger partial charge in [-0.1, -0.05) is 0 Å². The molecule has 0 spiro atoms. The molecule has 0 bridgehead atoms. The normalized spacial score (nSPS) is 11.1. The second-order valence-electron chi connectivity index (χ2n) is 3.62. The fraction of sp³-hybridized carbons (Fsp3) is 0.182. The van der Waals surface area contributed by atoms with Gasteiger partial charge in [-0.3, -0.25) is 4.40 Å². The van der Waals surface area contributed by atoms with Crippen LogP contribution in [0.1, 0.15) is 5.69 Å². The molecule has 0 aliphatic rings. The molecule has 0 amide bonds. The second kappa shape index (κ2) is 4.23. The van der Waals surface area contributed by atoms with Crippen molar-refractivity contribution in [2.75, 3.05) is 6.54 Å². The summed E-state index contributed by atoms with van der Waals surface area (Å²) >= 11 is 1.61. The summed E-state index contributed by atoms with van der Waals surface area (Å²) in [4.78, 5) is 13.0. The highest BCUT2D eigenvalue weighted by Gasteiger charge is 2.09. The van der Waals surface area contributed by atoms with Gasteiger partial charge in [0.05, 0.1) is 11.9 Å². The molecule has 3 aromatic rings. The molecule has 0 saturated heterocycles. The third-order valence-electron chi connectivity index (χ3n) is 2.46. The number of hydrogen-bond donors (Lipinski definition) is 1. The van der Waals surface area contributed by atoms with E-state index in [1.807, 2.05) is 22.0 Å². The smallest absolute Gasteiger partial charge is 0.234 e. The quantitative estimate of drug-likeness (QED) is 0.756. The standard InChI is InChI=1S/C11H11N5S/c12-3-2-8-7-17-10(15-8)9-6-14-11-13-4-1-5-16(9)11/h1,4-7H,2-3,12H2. The summed E-state index contributed by atoms with van der Waals surface area (Å²) in [6, 6.07) is 1.88. The van der Waals surface area contributed by atoms with Crippen LogP contribution in [-0.4, -0.2) is 25.9 Å². The maximum atomic E-state index is 5.52. The number of thiazole rings is 1. The Morgan fingerprint density at radius 1 is 1.35 bits per heavy atom. The highest BCUT2D eigenvalue weighted by Crippen LogP contribution is 2.24. The fourth-order valence-electron chi connectivity index (χ4n) is 1.67. The van der Waals surface area contributed by atoms with Crippen molar-refractivity contribution in [3.05, 3.63) is 35.7 Å². The van der Waals surface area contributed by atoms with E-state index in [-0.39, 0.29) is 0 Å². The van der Waals surface area contributed by atoms with Crippen molar-refractivity contribution < 1.29 is 0 Å². The van der Waals surface area contributed by atoms with Crippen LogP contribution < -0.4 is 5.73 Å². The molecule has 0 unspecified atom stereocenters. The zero-order valence-corrected chi connectivity index (χ0v) is 9.89. The van der Waals surface area contributed by atoms with Crippen LogP contribution in [0.15, 0.2) is 30.0 Å². The lowest BCUT2D eigenvalue weighted by Gasteiger charge is -1.96. The molecule has 0 aliphatic carbocycles. The number of fused-ring (bicyclic) bond motifs is 1. The van der Waals surface area contributed by atoms with E-state index >= 15 is 0 Å². The van der Waals surface area contributed by atoms with Crippen LogP contribution in [0, 0.1) is 0 Å². The van der Waals surface area contributed by atoms with Crippen LogP contribution in [0.5, 0.6) is 0 Å². The Bertz CT molecular complexity index is 642. The van der Waals surface area contributed by atoms with E-state index < -0.39 is 0 Å². The summed E-state index contributed by atoms with van der Waals surface area (Å²) in [6.45, 7) is 0.623. The Kier molecular flexibility index (Phi) is 2.58. The number of rotatable bonds is 3. The van der Waals surface area contributed by atoms with Gasteiger partial charge in [0.1, 0.15) is 10.7 Å². The second-order valence-corrected chi connectivity index (χ2v) is 4.47. The molecule has 86 valence electrons. The van der Waals surface area contributed by atoms with Gasteiger partial charge in [0.2, 0.25) is 5.78 Å². The summed E-state index contributed by atoms with van der Waals surface area (Å²) in [6.07, 6.45) is 6.28. The van der Waals surface area contributed by atoms with Crippen LogP contribution in [-0.2, 0) is 6.42 Å². The molecule has 5 nitrogen and oxygen atoms in total. The Hall–Kier alpha value is -1.79. The number of nitrogens with zero attached hydrogens (tertiary/aromatic N) is 4. The van der Waals surface area contributed by atoms with Gasteiger partial charge in [-0.15, -0.1) is 11.3 Å². The van der Waals surface area contributed by atoms with Gasteiger partial charge in [-0.05, 0) is 12.6 Å². The number of nitrogens with two attached hydrogens (primary N) is 1. The zero-order valence-electron chi connectivity index (χ0n) is 9.08. The first kappa shape index (κ1) is 10.4. The molecule has 0 aromatic carbocycles. The molecule has 3 heterocycles. The minimum atomic E-state index is 0.623. The number of hydrogen-bond acceptors (Lipinski definition) is 5. The lowest BCUT2D eigenvalue weighted by atomic mass is 10.3. The van der Waals surface area contributed by atoms with Gasteiger partial charge < -0.3 is 5.73 Å². The molecule has 0 saturated carbocycles. The zero-order chi connectivity index (χ0) is 11.7. The Morgan fingerprint density at radius 3 is 3.18 bits per heavy atom. The van der Waals surface area contributed by atoms with Crippen LogP contribution in [0.2, 0.25) is 0 Å². The Balaban J connectivity index is 2.07. The monoisotopic (exact) mass is 245 g/mol. The molecule has 6 heteroatoms. The third kappa shape index (κ3) is 1.81. The number of imidazole rings is 1. The van der Waals surface area contributed by atoms with Crippen molar-refractivity contribution in [1.29, 1.82) is 0 Å². The summed E-state index contributed by atoms with van der Waals surface area (Å²) in [5.41, 5.74) is 7.52. The highest BCUT2D eigenvalue weighted by atomic mass is 32.1. The van der Waals surface area contributed by atoms with Crippen LogP contribution in [0.4, 0.5) is 0 Å². The van der Waals surface area contributed by atoms with E-state index in [1.54, 1.807) is 23.7 Å². The highest BCUT2D eigenvalue weighted by molar-refractivity contribution is 7.13. The molecule has 2 N–H and O–H groups in total. The molecule has 0 fully saturated rings. The van der Waals surface area contributed by atoms with Crippen LogP contribution in [0.25, 0.3) is 16.5 Å². The van der Waals surface area contributed by atoms with E-state index in [9.17, 15) is 0 Å². The van der Waals surface area contributed by atoms with E-state index in [4.69, 9.17) is 5.73 Å². The predicted octanol–water partition coefficient (Wildman–Crippen LogP) is 1.35. The largest absolute Gasteiger partial charge is 0.330 e. The molecule has 0 radical (unpaired) electrons. The lowest BCUT2D eigenvalue weighted by Crippen LogP contribution is -2.02. The average molecular weight is 245 g/mol. The first-order valence-corrected chi connectivity index (χ1v) is 6.19. The van der Waals surface area contributed by atoms with Crippen molar-refractivity contribution in [3.8, 4) is 10.7 Å². The fourth-order valence-corrected chi connectivity index (χ4v) is 2.53. The van der Waals surface area contributed by atoms with Gasteiger partial charge in [0, 0.05) is 24.2 Å².